The number of nitrogens with one attached hydrogen (secondary N) is 1. The van der Waals surface area contributed by atoms with E-state index in [1.807, 2.05) is 0 Å². The lowest BCUT2D eigenvalue weighted by Crippen LogP contribution is -2.25. The van der Waals surface area contributed by atoms with E-state index in [-0.39, 0.29) is 22.7 Å². The van der Waals surface area contributed by atoms with Gasteiger partial charge in [0.25, 0.3) is 5.56 Å². The van der Waals surface area contributed by atoms with Crippen molar-refractivity contribution in [1.82, 2.24) is 9.78 Å². The maximum absolute atomic E-state index is 12.4. The molecule has 1 aromatic carbocycles. The van der Waals surface area contributed by atoms with Crippen LogP contribution in [-0.2, 0) is 4.74 Å². The van der Waals surface area contributed by atoms with Gasteiger partial charge in [-0.05, 0) is 43.5 Å². The predicted molar refractivity (Wildman–Crippen MR) is 91.9 cm³/mol. The molecule has 122 valence electrons. The van der Waals surface area contributed by atoms with Crippen LogP contribution >= 0.6 is 23.2 Å². The van der Waals surface area contributed by atoms with Gasteiger partial charge in [0.05, 0.1) is 23.7 Å². The summed E-state index contributed by atoms with van der Waals surface area (Å²) < 4.78 is 6.61. The van der Waals surface area contributed by atoms with Crippen LogP contribution in [0.5, 0.6) is 0 Å². The van der Waals surface area contributed by atoms with E-state index in [4.69, 9.17) is 27.9 Å². The number of anilines is 1. The van der Waals surface area contributed by atoms with E-state index < -0.39 is 0 Å². The second-order valence-electron chi connectivity index (χ2n) is 5.58. The van der Waals surface area contributed by atoms with Crippen molar-refractivity contribution in [2.75, 3.05) is 12.4 Å². The van der Waals surface area contributed by atoms with Crippen molar-refractivity contribution in [2.24, 2.45) is 0 Å². The van der Waals surface area contributed by atoms with Crippen LogP contribution in [0.15, 0.2) is 35.3 Å². The summed E-state index contributed by atoms with van der Waals surface area (Å²) in [5.41, 5.74) is 0.817. The van der Waals surface area contributed by atoms with Gasteiger partial charge in [0.2, 0.25) is 0 Å². The van der Waals surface area contributed by atoms with Crippen LogP contribution in [0, 0.1) is 0 Å². The lowest BCUT2D eigenvalue weighted by atomic mass is 10.2. The Morgan fingerprint density at radius 3 is 2.65 bits per heavy atom. The number of ether oxygens (including phenoxy) is 1. The molecule has 1 N–H and O–H groups in total. The number of nitrogens with zero attached hydrogens (tertiary/aromatic N) is 2. The van der Waals surface area contributed by atoms with Crippen LogP contribution in [0.3, 0.4) is 0 Å². The van der Waals surface area contributed by atoms with Crippen molar-refractivity contribution < 1.29 is 4.74 Å². The molecule has 1 aromatic heterocycles. The van der Waals surface area contributed by atoms with E-state index in [2.05, 4.69) is 10.4 Å². The molecule has 1 heterocycles. The first kappa shape index (κ1) is 16.3. The summed E-state index contributed by atoms with van der Waals surface area (Å²) in [5, 5.41) is 8.23. The zero-order chi connectivity index (χ0) is 16.4. The fraction of sp³-hybridized carbons (Fsp3) is 0.375. The highest BCUT2D eigenvalue weighted by atomic mass is 35.5. The highest BCUT2D eigenvalue weighted by molar-refractivity contribution is 6.33. The Hall–Kier alpha value is -1.56. The first-order chi connectivity index (χ1) is 11.1. The van der Waals surface area contributed by atoms with Crippen LogP contribution in [0.1, 0.15) is 19.3 Å². The van der Waals surface area contributed by atoms with Crippen molar-refractivity contribution in [3.8, 4) is 5.69 Å². The van der Waals surface area contributed by atoms with E-state index in [1.165, 1.54) is 4.68 Å². The summed E-state index contributed by atoms with van der Waals surface area (Å²) in [6, 6.07) is 7.09. The number of aromatic nitrogens is 2. The molecule has 1 aliphatic carbocycles. The number of methoxy groups -OCH3 is 1. The molecule has 0 radical (unpaired) electrons. The fourth-order valence-corrected chi connectivity index (χ4v) is 3.11. The third kappa shape index (κ3) is 3.52. The van der Waals surface area contributed by atoms with E-state index in [0.29, 0.717) is 16.4 Å². The number of hydrogen-bond acceptors (Lipinski definition) is 4. The fourth-order valence-electron chi connectivity index (χ4n) is 2.80. The minimum atomic E-state index is -0.361. The molecule has 0 amide bonds. The molecule has 0 spiro atoms. The molecule has 0 bridgehead atoms. The molecule has 1 fully saturated rings. The van der Waals surface area contributed by atoms with Gasteiger partial charge in [0.15, 0.2) is 0 Å². The Balaban J connectivity index is 1.83. The Bertz CT molecular complexity index is 746. The van der Waals surface area contributed by atoms with Crippen LogP contribution in [-0.4, -0.2) is 29.0 Å². The monoisotopic (exact) mass is 353 g/mol. The van der Waals surface area contributed by atoms with Gasteiger partial charge in [-0.25, -0.2) is 0 Å². The summed E-state index contributed by atoms with van der Waals surface area (Å²) in [6.45, 7) is 0. The summed E-state index contributed by atoms with van der Waals surface area (Å²) in [7, 11) is 1.72. The van der Waals surface area contributed by atoms with Crippen molar-refractivity contribution >= 4 is 28.9 Å². The Labute approximate surface area is 144 Å². The molecule has 0 aliphatic heterocycles. The van der Waals surface area contributed by atoms with Crippen molar-refractivity contribution in [2.45, 2.75) is 31.4 Å². The normalized spacial score (nSPS) is 20.7. The van der Waals surface area contributed by atoms with Crippen molar-refractivity contribution in [3.63, 3.8) is 0 Å². The first-order valence-electron chi connectivity index (χ1n) is 7.41. The molecule has 0 saturated heterocycles. The van der Waals surface area contributed by atoms with Gasteiger partial charge in [0.1, 0.15) is 5.02 Å². The van der Waals surface area contributed by atoms with Gasteiger partial charge in [-0.1, -0.05) is 23.2 Å². The van der Waals surface area contributed by atoms with Gasteiger partial charge < -0.3 is 10.1 Å². The highest BCUT2D eigenvalue weighted by Gasteiger charge is 2.25. The zero-order valence-corrected chi connectivity index (χ0v) is 14.1. The number of benzene rings is 1. The van der Waals surface area contributed by atoms with Crippen LogP contribution in [0.4, 0.5) is 5.69 Å². The van der Waals surface area contributed by atoms with E-state index >= 15 is 0 Å². The number of hydrogen-bond donors (Lipinski definition) is 1. The van der Waals surface area contributed by atoms with Gasteiger partial charge in [-0.3, -0.25) is 4.79 Å². The number of halogens is 2. The lowest BCUT2D eigenvalue weighted by molar-refractivity contribution is 0.108. The summed E-state index contributed by atoms with van der Waals surface area (Å²) in [6.07, 6.45) is 4.72. The Kier molecular flexibility index (Phi) is 4.90. The number of rotatable bonds is 4. The maximum atomic E-state index is 12.4. The third-order valence-electron chi connectivity index (χ3n) is 4.07. The van der Waals surface area contributed by atoms with E-state index in [9.17, 15) is 4.79 Å². The second-order valence-corrected chi connectivity index (χ2v) is 6.39. The standard InChI is InChI=1S/C16H17Cl2N3O2/c1-23-13-7-4-11(8-13)20-14-9-19-21(16(22)15(14)18)12-5-2-10(17)3-6-12/h2-3,5-6,9,11,13,20H,4,7-8H2,1H3. The van der Waals surface area contributed by atoms with Crippen molar-refractivity contribution in [1.29, 1.82) is 0 Å². The zero-order valence-electron chi connectivity index (χ0n) is 12.6. The van der Waals surface area contributed by atoms with Gasteiger partial charge >= 0.3 is 0 Å². The molecule has 2 atom stereocenters. The topological polar surface area (TPSA) is 56.1 Å². The van der Waals surface area contributed by atoms with E-state index in [0.717, 1.165) is 19.3 Å². The quantitative estimate of drug-likeness (QED) is 0.913. The molecule has 3 rings (SSSR count). The minimum absolute atomic E-state index is 0.135. The molecule has 7 heteroatoms. The molecule has 1 saturated carbocycles. The lowest BCUT2D eigenvalue weighted by Gasteiger charge is -2.15. The van der Waals surface area contributed by atoms with Gasteiger partial charge in [-0.2, -0.15) is 9.78 Å². The van der Waals surface area contributed by atoms with Crippen LogP contribution < -0.4 is 10.9 Å². The molecule has 5 nitrogen and oxygen atoms in total. The predicted octanol–water partition coefficient (Wildman–Crippen LogP) is 3.52. The van der Waals surface area contributed by atoms with Gasteiger partial charge in [0, 0.05) is 18.2 Å². The summed E-state index contributed by atoms with van der Waals surface area (Å²) in [5.74, 6) is 0. The minimum Gasteiger partial charge on any atom is -0.381 e. The first-order valence-corrected chi connectivity index (χ1v) is 8.17. The van der Waals surface area contributed by atoms with Gasteiger partial charge in [-0.15, -0.1) is 0 Å². The summed E-state index contributed by atoms with van der Waals surface area (Å²) >= 11 is 12.1. The average molecular weight is 354 g/mol. The third-order valence-corrected chi connectivity index (χ3v) is 4.68. The molecule has 2 unspecified atom stereocenters. The second kappa shape index (κ2) is 6.91. The summed E-state index contributed by atoms with van der Waals surface area (Å²) in [4.78, 5) is 12.4. The molecular weight excluding hydrogens is 337 g/mol. The molecule has 23 heavy (non-hydrogen) atoms. The smallest absolute Gasteiger partial charge is 0.292 e. The van der Waals surface area contributed by atoms with Crippen LogP contribution in [0.25, 0.3) is 5.69 Å². The highest BCUT2D eigenvalue weighted by Crippen LogP contribution is 2.26. The molecule has 2 aromatic rings. The Morgan fingerprint density at radius 2 is 2.00 bits per heavy atom. The van der Waals surface area contributed by atoms with E-state index in [1.54, 1.807) is 37.6 Å². The average Bonchev–Trinajstić information content (AvgIpc) is 3.01. The van der Waals surface area contributed by atoms with Crippen LogP contribution in [0.2, 0.25) is 10.0 Å². The largest absolute Gasteiger partial charge is 0.381 e. The van der Waals surface area contributed by atoms with Crippen molar-refractivity contribution in [3.05, 3.63) is 50.9 Å². The SMILES string of the molecule is COC1CCC(Nc2cnn(-c3ccc(Cl)cc3)c(=O)c2Cl)C1. The maximum Gasteiger partial charge on any atom is 0.292 e. The Morgan fingerprint density at radius 1 is 1.26 bits per heavy atom. The molecular formula is C16H17Cl2N3O2. The molecule has 1 aliphatic rings.